The van der Waals surface area contributed by atoms with E-state index >= 15 is 0 Å². The first-order chi connectivity index (χ1) is 6.79. The number of nitrogens with one attached hydrogen (secondary N) is 1. The largest absolute Gasteiger partial charge is 0.355 e. The average Bonchev–Trinajstić information content (AvgIpc) is 2.47. The highest BCUT2D eigenvalue weighted by Gasteiger charge is 2.31. The zero-order valence-corrected chi connectivity index (χ0v) is 9.96. The fourth-order valence-electron chi connectivity index (χ4n) is 1.88. The Morgan fingerprint density at radius 1 is 1.53 bits per heavy atom. The Balaban J connectivity index is 2.50. The van der Waals surface area contributed by atoms with Gasteiger partial charge in [0.2, 0.25) is 11.8 Å². The molecule has 0 saturated carbocycles. The summed E-state index contributed by atoms with van der Waals surface area (Å²) in [5, 5.41) is 2.68. The van der Waals surface area contributed by atoms with E-state index in [2.05, 4.69) is 26.1 Å². The van der Waals surface area contributed by atoms with Crippen molar-refractivity contribution in [1.29, 1.82) is 0 Å². The molecule has 15 heavy (non-hydrogen) atoms. The molecule has 2 amide bonds. The molecule has 0 aliphatic carbocycles. The molecule has 0 aromatic rings. The van der Waals surface area contributed by atoms with Crippen molar-refractivity contribution >= 4 is 11.8 Å². The van der Waals surface area contributed by atoms with Crippen LogP contribution in [0.2, 0.25) is 0 Å². The van der Waals surface area contributed by atoms with Gasteiger partial charge in [0.15, 0.2) is 0 Å². The van der Waals surface area contributed by atoms with Crippen LogP contribution in [0.25, 0.3) is 0 Å². The van der Waals surface area contributed by atoms with Crippen molar-refractivity contribution in [2.45, 2.75) is 27.2 Å². The Morgan fingerprint density at radius 3 is 2.53 bits per heavy atom. The molecule has 0 aromatic heterocycles. The summed E-state index contributed by atoms with van der Waals surface area (Å²) in [5.41, 5.74) is 0.0977. The van der Waals surface area contributed by atoms with Gasteiger partial charge in [-0.05, 0) is 5.41 Å². The van der Waals surface area contributed by atoms with Crippen LogP contribution in [0.3, 0.4) is 0 Å². The molecule has 1 heterocycles. The summed E-state index contributed by atoms with van der Waals surface area (Å²) in [4.78, 5) is 24.6. The molecule has 0 bridgehead atoms. The van der Waals surface area contributed by atoms with Crippen LogP contribution >= 0.6 is 0 Å². The molecule has 1 rings (SSSR count). The van der Waals surface area contributed by atoms with Crippen molar-refractivity contribution in [2.75, 3.05) is 20.1 Å². The maximum Gasteiger partial charge on any atom is 0.227 e. The zero-order chi connectivity index (χ0) is 11.6. The SMILES string of the molecule is CN(CC(C)(C)C)C(=O)C1CNC(=O)C1. The molecule has 1 aliphatic heterocycles. The van der Waals surface area contributed by atoms with Crippen molar-refractivity contribution in [3.05, 3.63) is 0 Å². The minimum atomic E-state index is -0.162. The summed E-state index contributed by atoms with van der Waals surface area (Å²) >= 11 is 0. The molecule has 1 saturated heterocycles. The molecule has 1 aliphatic rings. The Labute approximate surface area is 91.0 Å². The van der Waals surface area contributed by atoms with Gasteiger partial charge >= 0.3 is 0 Å². The first kappa shape index (κ1) is 12.0. The minimum Gasteiger partial charge on any atom is -0.355 e. The maximum atomic E-state index is 11.9. The van der Waals surface area contributed by atoms with Gasteiger partial charge in [-0.2, -0.15) is 0 Å². The lowest BCUT2D eigenvalue weighted by Gasteiger charge is -2.28. The fraction of sp³-hybridized carbons (Fsp3) is 0.818. The van der Waals surface area contributed by atoms with E-state index in [0.717, 1.165) is 6.54 Å². The highest BCUT2D eigenvalue weighted by atomic mass is 16.2. The van der Waals surface area contributed by atoms with E-state index in [0.29, 0.717) is 13.0 Å². The van der Waals surface area contributed by atoms with E-state index in [1.165, 1.54) is 0 Å². The third-order valence-electron chi connectivity index (χ3n) is 2.41. The number of rotatable bonds is 2. The first-order valence-corrected chi connectivity index (χ1v) is 5.31. The molecule has 1 atom stereocenters. The molecule has 0 radical (unpaired) electrons. The Morgan fingerprint density at radius 2 is 2.13 bits per heavy atom. The van der Waals surface area contributed by atoms with E-state index in [4.69, 9.17) is 0 Å². The van der Waals surface area contributed by atoms with Crippen molar-refractivity contribution in [3.63, 3.8) is 0 Å². The second-order valence-corrected chi connectivity index (χ2v) is 5.46. The third-order valence-corrected chi connectivity index (χ3v) is 2.41. The van der Waals surface area contributed by atoms with E-state index in [1.807, 2.05) is 0 Å². The van der Waals surface area contributed by atoms with Gasteiger partial charge in [0.25, 0.3) is 0 Å². The Hall–Kier alpha value is -1.06. The summed E-state index contributed by atoms with van der Waals surface area (Å²) < 4.78 is 0. The summed E-state index contributed by atoms with van der Waals surface area (Å²) in [6, 6.07) is 0. The van der Waals surface area contributed by atoms with E-state index in [9.17, 15) is 9.59 Å². The number of carbonyl (C=O) groups excluding carboxylic acids is 2. The lowest BCUT2D eigenvalue weighted by atomic mass is 9.95. The second-order valence-electron chi connectivity index (χ2n) is 5.46. The van der Waals surface area contributed by atoms with Crippen LogP contribution in [-0.2, 0) is 9.59 Å². The summed E-state index contributed by atoms with van der Waals surface area (Å²) in [7, 11) is 1.80. The molecule has 1 N–H and O–H groups in total. The molecule has 1 unspecified atom stereocenters. The summed E-state index contributed by atoms with van der Waals surface area (Å²) in [5.74, 6) is -0.106. The van der Waals surface area contributed by atoms with Crippen LogP contribution in [0.4, 0.5) is 0 Å². The molecule has 0 spiro atoms. The van der Waals surface area contributed by atoms with Gasteiger partial charge in [-0.3, -0.25) is 9.59 Å². The zero-order valence-electron chi connectivity index (χ0n) is 9.96. The van der Waals surface area contributed by atoms with E-state index < -0.39 is 0 Å². The third kappa shape index (κ3) is 3.53. The number of carbonyl (C=O) groups is 2. The highest BCUT2D eigenvalue weighted by molar-refractivity contribution is 5.89. The Bertz CT molecular complexity index is 268. The standard InChI is InChI=1S/C11H20N2O2/c1-11(2,3)7-13(4)10(15)8-5-9(14)12-6-8/h8H,5-7H2,1-4H3,(H,12,14). The fourth-order valence-corrected chi connectivity index (χ4v) is 1.88. The topological polar surface area (TPSA) is 49.4 Å². The number of amides is 2. The van der Waals surface area contributed by atoms with Crippen molar-refractivity contribution in [2.24, 2.45) is 11.3 Å². The lowest BCUT2D eigenvalue weighted by molar-refractivity contribution is -0.135. The first-order valence-electron chi connectivity index (χ1n) is 5.31. The van der Waals surface area contributed by atoms with Crippen molar-refractivity contribution < 1.29 is 9.59 Å². The van der Waals surface area contributed by atoms with Gasteiger partial charge in [0, 0.05) is 26.6 Å². The molecular weight excluding hydrogens is 192 g/mol. The minimum absolute atomic E-state index is 0.0162. The predicted molar refractivity (Wildman–Crippen MR) is 58.2 cm³/mol. The van der Waals surface area contributed by atoms with Crippen LogP contribution in [-0.4, -0.2) is 36.9 Å². The van der Waals surface area contributed by atoms with Gasteiger partial charge in [0.05, 0.1) is 5.92 Å². The normalized spacial score (nSPS) is 21.3. The summed E-state index contributed by atoms with van der Waals surface area (Å²) in [6.45, 7) is 7.49. The highest BCUT2D eigenvalue weighted by Crippen LogP contribution is 2.18. The Kier molecular flexibility index (Phi) is 3.37. The van der Waals surface area contributed by atoms with Crippen LogP contribution < -0.4 is 5.32 Å². The van der Waals surface area contributed by atoms with E-state index in [1.54, 1.807) is 11.9 Å². The summed E-state index contributed by atoms with van der Waals surface area (Å²) in [6.07, 6.45) is 0.341. The molecule has 86 valence electrons. The molecule has 1 fully saturated rings. The molecule has 0 aromatic carbocycles. The maximum absolute atomic E-state index is 11.9. The molecule has 4 heteroatoms. The number of hydrogen-bond donors (Lipinski definition) is 1. The number of nitrogens with zero attached hydrogens (tertiary/aromatic N) is 1. The van der Waals surface area contributed by atoms with Gasteiger partial charge < -0.3 is 10.2 Å². The van der Waals surface area contributed by atoms with Crippen LogP contribution in [0.1, 0.15) is 27.2 Å². The van der Waals surface area contributed by atoms with E-state index in [-0.39, 0.29) is 23.1 Å². The van der Waals surface area contributed by atoms with Gasteiger partial charge in [-0.1, -0.05) is 20.8 Å². The smallest absolute Gasteiger partial charge is 0.227 e. The van der Waals surface area contributed by atoms with Crippen molar-refractivity contribution in [1.82, 2.24) is 10.2 Å². The lowest BCUT2D eigenvalue weighted by Crippen LogP contribution is -2.39. The number of hydrogen-bond acceptors (Lipinski definition) is 2. The van der Waals surface area contributed by atoms with Gasteiger partial charge in [-0.15, -0.1) is 0 Å². The van der Waals surface area contributed by atoms with Gasteiger partial charge in [0.1, 0.15) is 0 Å². The molecule has 4 nitrogen and oxygen atoms in total. The second kappa shape index (κ2) is 4.21. The van der Waals surface area contributed by atoms with Crippen molar-refractivity contribution in [3.8, 4) is 0 Å². The van der Waals surface area contributed by atoms with Crippen LogP contribution in [0, 0.1) is 11.3 Å². The predicted octanol–water partition coefficient (Wildman–Crippen LogP) is 0.627. The monoisotopic (exact) mass is 212 g/mol. The van der Waals surface area contributed by atoms with Crippen LogP contribution in [0.15, 0.2) is 0 Å². The quantitative estimate of drug-likeness (QED) is 0.729. The molecular formula is C11H20N2O2. The average molecular weight is 212 g/mol. The van der Waals surface area contributed by atoms with Crippen LogP contribution in [0.5, 0.6) is 0 Å². The van der Waals surface area contributed by atoms with Gasteiger partial charge in [-0.25, -0.2) is 0 Å².